The molecule has 1 amide bonds. The molecule has 0 aliphatic carbocycles. The maximum absolute atomic E-state index is 14.0. The van der Waals surface area contributed by atoms with Gasteiger partial charge in [0.1, 0.15) is 11.9 Å². The van der Waals surface area contributed by atoms with E-state index in [9.17, 15) is 19.1 Å². The molecule has 0 spiro atoms. The average molecular weight is 279 g/mol. The molecule has 1 aromatic rings. The van der Waals surface area contributed by atoms with Crippen molar-refractivity contribution in [2.45, 2.75) is 32.7 Å². The van der Waals surface area contributed by atoms with E-state index >= 15 is 0 Å². The summed E-state index contributed by atoms with van der Waals surface area (Å²) in [5.74, 6) is -1.88. The fourth-order valence-corrected chi connectivity index (χ4v) is 2.59. The Balaban J connectivity index is 2.31. The molecule has 0 saturated carbocycles. The number of carbonyl (C=O) groups is 2. The second kappa shape index (κ2) is 5.61. The Labute approximate surface area is 117 Å². The molecule has 1 fully saturated rings. The average Bonchev–Trinajstić information content (AvgIpc) is 2.41. The Kier molecular flexibility index (Phi) is 4.06. The number of aryl methyl sites for hydroxylation is 1. The number of piperidine rings is 1. The summed E-state index contributed by atoms with van der Waals surface area (Å²) in [5, 5.41) is 9.26. The Morgan fingerprint density at radius 2 is 2.10 bits per heavy atom. The van der Waals surface area contributed by atoms with Gasteiger partial charge in [0, 0.05) is 6.54 Å². The van der Waals surface area contributed by atoms with Gasteiger partial charge >= 0.3 is 5.97 Å². The van der Waals surface area contributed by atoms with E-state index in [2.05, 4.69) is 0 Å². The predicted octanol–water partition coefficient (Wildman–Crippen LogP) is 2.46. The van der Waals surface area contributed by atoms with Gasteiger partial charge in [0.05, 0.1) is 5.56 Å². The highest BCUT2D eigenvalue weighted by Crippen LogP contribution is 2.25. The zero-order valence-corrected chi connectivity index (χ0v) is 11.6. The third-order valence-electron chi connectivity index (χ3n) is 3.83. The summed E-state index contributed by atoms with van der Waals surface area (Å²) in [7, 11) is 0. The number of halogens is 1. The largest absolute Gasteiger partial charge is 0.480 e. The molecule has 1 aliphatic rings. The number of benzene rings is 1. The SMILES string of the molecule is Cc1cccc(C(=O)N2CCC(C)CC2C(=O)O)c1F. The van der Waals surface area contributed by atoms with Crippen LogP contribution in [-0.4, -0.2) is 34.5 Å². The summed E-state index contributed by atoms with van der Waals surface area (Å²) in [6.45, 7) is 3.90. The number of hydrogen-bond acceptors (Lipinski definition) is 2. The second-order valence-corrected chi connectivity index (χ2v) is 5.42. The van der Waals surface area contributed by atoms with E-state index in [1.807, 2.05) is 6.92 Å². The molecule has 1 N–H and O–H groups in total. The highest BCUT2D eigenvalue weighted by atomic mass is 19.1. The van der Waals surface area contributed by atoms with Crippen molar-refractivity contribution < 1.29 is 19.1 Å². The second-order valence-electron chi connectivity index (χ2n) is 5.42. The number of likely N-dealkylation sites (tertiary alicyclic amines) is 1. The minimum absolute atomic E-state index is 0.0502. The van der Waals surface area contributed by atoms with Crippen molar-refractivity contribution in [1.29, 1.82) is 0 Å². The van der Waals surface area contributed by atoms with E-state index in [0.29, 0.717) is 18.5 Å². The number of nitrogens with zero attached hydrogens (tertiary/aromatic N) is 1. The lowest BCUT2D eigenvalue weighted by molar-refractivity contribution is -0.144. The van der Waals surface area contributed by atoms with Gasteiger partial charge in [0.2, 0.25) is 0 Å². The molecular weight excluding hydrogens is 261 g/mol. The number of hydrogen-bond donors (Lipinski definition) is 1. The van der Waals surface area contributed by atoms with Gasteiger partial charge < -0.3 is 10.0 Å². The first-order valence-electron chi connectivity index (χ1n) is 6.70. The maximum Gasteiger partial charge on any atom is 0.326 e. The van der Waals surface area contributed by atoms with Gasteiger partial charge in [-0.05, 0) is 37.3 Å². The van der Waals surface area contributed by atoms with E-state index < -0.39 is 23.7 Å². The molecule has 4 nitrogen and oxygen atoms in total. The van der Waals surface area contributed by atoms with E-state index in [1.54, 1.807) is 19.1 Å². The molecule has 2 atom stereocenters. The fraction of sp³-hybridized carbons (Fsp3) is 0.467. The zero-order chi connectivity index (χ0) is 14.9. The number of carboxylic acid groups (broad SMARTS) is 1. The van der Waals surface area contributed by atoms with Crippen molar-refractivity contribution >= 4 is 11.9 Å². The lowest BCUT2D eigenvalue weighted by atomic mass is 9.91. The van der Waals surface area contributed by atoms with E-state index in [-0.39, 0.29) is 11.5 Å². The summed E-state index contributed by atoms with van der Waals surface area (Å²) in [4.78, 5) is 25.0. The number of aliphatic carboxylic acids is 1. The molecule has 0 aromatic heterocycles. The lowest BCUT2D eigenvalue weighted by Gasteiger charge is -2.36. The third kappa shape index (κ3) is 2.66. The summed E-state index contributed by atoms with van der Waals surface area (Å²) in [6, 6.07) is 3.72. The van der Waals surface area contributed by atoms with Crippen molar-refractivity contribution in [3.8, 4) is 0 Å². The zero-order valence-electron chi connectivity index (χ0n) is 11.6. The van der Waals surface area contributed by atoms with Crippen LogP contribution in [0.2, 0.25) is 0 Å². The quantitative estimate of drug-likeness (QED) is 0.904. The van der Waals surface area contributed by atoms with Gasteiger partial charge in [-0.15, -0.1) is 0 Å². The lowest BCUT2D eigenvalue weighted by Crippen LogP contribution is -2.50. The van der Waals surface area contributed by atoms with Crippen LogP contribution in [0.1, 0.15) is 35.7 Å². The molecule has 2 rings (SSSR count). The van der Waals surface area contributed by atoms with Crippen LogP contribution in [0.3, 0.4) is 0 Å². The monoisotopic (exact) mass is 279 g/mol. The number of carbonyl (C=O) groups excluding carboxylic acids is 1. The van der Waals surface area contributed by atoms with Crippen LogP contribution in [0.4, 0.5) is 4.39 Å². The molecule has 2 unspecified atom stereocenters. The molecule has 1 aromatic carbocycles. The Morgan fingerprint density at radius 3 is 2.75 bits per heavy atom. The molecule has 1 saturated heterocycles. The number of rotatable bonds is 2. The highest BCUT2D eigenvalue weighted by molar-refractivity contribution is 5.97. The van der Waals surface area contributed by atoms with Gasteiger partial charge in [-0.1, -0.05) is 19.1 Å². The van der Waals surface area contributed by atoms with Gasteiger partial charge in [-0.2, -0.15) is 0 Å². The Bertz CT molecular complexity index is 544. The first-order chi connectivity index (χ1) is 9.41. The van der Waals surface area contributed by atoms with Crippen LogP contribution in [0.15, 0.2) is 18.2 Å². The van der Waals surface area contributed by atoms with Crippen LogP contribution in [0.5, 0.6) is 0 Å². The van der Waals surface area contributed by atoms with Crippen molar-refractivity contribution in [1.82, 2.24) is 4.90 Å². The molecule has 20 heavy (non-hydrogen) atoms. The van der Waals surface area contributed by atoms with Crippen LogP contribution >= 0.6 is 0 Å². The van der Waals surface area contributed by atoms with Crippen molar-refractivity contribution in [2.24, 2.45) is 5.92 Å². The molecule has 1 heterocycles. The van der Waals surface area contributed by atoms with E-state index in [4.69, 9.17) is 0 Å². The first kappa shape index (κ1) is 14.5. The molecule has 0 bridgehead atoms. The van der Waals surface area contributed by atoms with E-state index in [1.165, 1.54) is 11.0 Å². The van der Waals surface area contributed by atoms with Gasteiger partial charge in [0.25, 0.3) is 5.91 Å². The Morgan fingerprint density at radius 1 is 1.40 bits per heavy atom. The molecule has 108 valence electrons. The predicted molar refractivity (Wildman–Crippen MR) is 72.0 cm³/mol. The van der Waals surface area contributed by atoms with Gasteiger partial charge in [0.15, 0.2) is 0 Å². The van der Waals surface area contributed by atoms with E-state index in [0.717, 1.165) is 6.42 Å². The topological polar surface area (TPSA) is 57.6 Å². The van der Waals surface area contributed by atoms with Crippen LogP contribution in [0, 0.1) is 18.7 Å². The minimum Gasteiger partial charge on any atom is -0.480 e. The Hall–Kier alpha value is -1.91. The number of amides is 1. The molecular formula is C15H18FNO3. The third-order valence-corrected chi connectivity index (χ3v) is 3.83. The summed E-state index contributed by atoms with van der Waals surface area (Å²) in [6.07, 6.45) is 1.15. The smallest absolute Gasteiger partial charge is 0.326 e. The summed E-state index contributed by atoms with van der Waals surface area (Å²) < 4.78 is 14.0. The van der Waals surface area contributed by atoms with Crippen LogP contribution in [0.25, 0.3) is 0 Å². The van der Waals surface area contributed by atoms with Crippen molar-refractivity contribution in [2.75, 3.05) is 6.54 Å². The van der Waals surface area contributed by atoms with Crippen molar-refractivity contribution in [3.05, 3.63) is 35.1 Å². The maximum atomic E-state index is 14.0. The molecule has 0 radical (unpaired) electrons. The number of carboxylic acids is 1. The standard InChI is InChI=1S/C15H18FNO3/c1-9-6-7-17(12(8-9)15(19)20)14(18)11-5-3-4-10(2)13(11)16/h3-5,9,12H,6-8H2,1-2H3,(H,19,20). The van der Waals surface area contributed by atoms with Crippen molar-refractivity contribution in [3.63, 3.8) is 0 Å². The van der Waals surface area contributed by atoms with Crippen LogP contribution < -0.4 is 0 Å². The molecule has 5 heteroatoms. The van der Waals surface area contributed by atoms with Gasteiger partial charge in [-0.3, -0.25) is 4.79 Å². The molecule has 1 aliphatic heterocycles. The summed E-state index contributed by atoms with van der Waals surface area (Å²) in [5.41, 5.74) is 0.332. The highest BCUT2D eigenvalue weighted by Gasteiger charge is 2.35. The van der Waals surface area contributed by atoms with Crippen LogP contribution in [-0.2, 0) is 4.79 Å². The minimum atomic E-state index is -1.03. The van der Waals surface area contributed by atoms with Gasteiger partial charge in [-0.25, -0.2) is 9.18 Å². The first-order valence-corrected chi connectivity index (χ1v) is 6.70. The fourth-order valence-electron chi connectivity index (χ4n) is 2.59. The normalized spacial score (nSPS) is 22.6. The summed E-state index contributed by atoms with van der Waals surface area (Å²) >= 11 is 0.